The van der Waals surface area contributed by atoms with E-state index in [9.17, 15) is 13.2 Å². The first-order valence-electron chi connectivity index (χ1n) is 7.55. The lowest BCUT2D eigenvalue weighted by molar-refractivity contribution is -0.142. The van der Waals surface area contributed by atoms with Crippen molar-refractivity contribution in [3.63, 3.8) is 0 Å². The van der Waals surface area contributed by atoms with Crippen molar-refractivity contribution in [2.45, 2.75) is 63.9 Å². The fourth-order valence-electron chi connectivity index (χ4n) is 3.11. The van der Waals surface area contributed by atoms with Gasteiger partial charge < -0.3 is 5.11 Å². The van der Waals surface area contributed by atoms with Gasteiger partial charge in [-0.25, -0.2) is 13.1 Å². The maximum absolute atomic E-state index is 12.6. The van der Waals surface area contributed by atoms with E-state index >= 15 is 0 Å². The molecule has 0 amide bonds. The van der Waals surface area contributed by atoms with Crippen molar-refractivity contribution in [2.24, 2.45) is 5.92 Å². The SMILES string of the molecule is CCn1nc(C)c(S(=O)(=O)NC2CCC(C(=O)O)CC2)c1C. The Labute approximate surface area is 130 Å². The van der Waals surface area contributed by atoms with Gasteiger partial charge in [0, 0.05) is 12.6 Å². The molecule has 0 atom stereocenters. The van der Waals surface area contributed by atoms with Gasteiger partial charge in [-0.15, -0.1) is 0 Å². The summed E-state index contributed by atoms with van der Waals surface area (Å²) >= 11 is 0. The molecule has 1 aliphatic carbocycles. The van der Waals surface area contributed by atoms with Crippen LogP contribution >= 0.6 is 0 Å². The summed E-state index contributed by atoms with van der Waals surface area (Å²) in [4.78, 5) is 11.2. The highest BCUT2D eigenvalue weighted by Gasteiger charge is 2.31. The van der Waals surface area contributed by atoms with Gasteiger partial charge in [-0.3, -0.25) is 9.48 Å². The molecule has 7 nitrogen and oxygen atoms in total. The first kappa shape index (κ1) is 17.0. The van der Waals surface area contributed by atoms with Crippen LogP contribution in [0.25, 0.3) is 0 Å². The molecule has 1 heterocycles. The number of hydrogen-bond donors (Lipinski definition) is 2. The Balaban J connectivity index is 2.13. The number of sulfonamides is 1. The highest BCUT2D eigenvalue weighted by atomic mass is 32.2. The van der Waals surface area contributed by atoms with E-state index in [0.29, 0.717) is 43.6 Å². The third-order valence-corrected chi connectivity index (χ3v) is 6.05. The van der Waals surface area contributed by atoms with E-state index < -0.39 is 16.0 Å². The summed E-state index contributed by atoms with van der Waals surface area (Å²) in [5.74, 6) is -1.15. The quantitative estimate of drug-likeness (QED) is 0.851. The number of carboxylic acids is 1. The molecule has 1 aliphatic rings. The number of nitrogens with zero attached hydrogens (tertiary/aromatic N) is 2. The Morgan fingerprint density at radius 1 is 1.32 bits per heavy atom. The van der Waals surface area contributed by atoms with Crippen LogP contribution in [0.1, 0.15) is 44.0 Å². The van der Waals surface area contributed by atoms with E-state index in [2.05, 4.69) is 9.82 Å². The Kier molecular flexibility index (Phi) is 4.91. The summed E-state index contributed by atoms with van der Waals surface area (Å²) in [5.41, 5.74) is 1.12. The Bertz CT molecular complexity index is 658. The summed E-state index contributed by atoms with van der Waals surface area (Å²) in [5, 5.41) is 13.2. The maximum atomic E-state index is 12.6. The van der Waals surface area contributed by atoms with E-state index in [1.165, 1.54) is 0 Å². The molecule has 0 aromatic carbocycles. The second-order valence-corrected chi connectivity index (χ2v) is 7.47. The predicted octanol–water partition coefficient (Wildman–Crippen LogP) is 1.44. The molecule has 124 valence electrons. The molecule has 8 heteroatoms. The molecule has 2 rings (SSSR count). The summed E-state index contributed by atoms with van der Waals surface area (Å²) < 4.78 is 29.6. The topological polar surface area (TPSA) is 101 Å². The van der Waals surface area contributed by atoms with Crippen molar-refractivity contribution in [1.29, 1.82) is 0 Å². The second-order valence-electron chi connectivity index (χ2n) is 5.82. The van der Waals surface area contributed by atoms with Gasteiger partial charge in [-0.05, 0) is 46.5 Å². The highest BCUT2D eigenvalue weighted by Crippen LogP contribution is 2.27. The monoisotopic (exact) mass is 329 g/mol. The highest BCUT2D eigenvalue weighted by molar-refractivity contribution is 7.89. The molecule has 1 saturated carbocycles. The van der Waals surface area contributed by atoms with Crippen molar-refractivity contribution < 1.29 is 18.3 Å². The average molecular weight is 329 g/mol. The van der Waals surface area contributed by atoms with Crippen LogP contribution in [-0.4, -0.2) is 35.3 Å². The van der Waals surface area contributed by atoms with Crippen molar-refractivity contribution in [3.05, 3.63) is 11.4 Å². The van der Waals surface area contributed by atoms with E-state index in [1.807, 2.05) is 6.92 Å². The Morgan fingerprint density at radius 3 is 2.36 bits per heavy atom. The number of hydrogen-bond acceptors (Lipinski definition) is 4. The van der Waals surface area contributed by atoms with Gasteiger partial charge in [0.1, 0.15) is 4.90 Å². The first-order valence-corrected chi connectivity index (χ1v) is 9.03. The van der Waals surface area contributed by atoms with Gasteiger partial charge in [-0.1, -0.05) is 0 Å². The van der Waals surface area contributed by atoms with Crippen LogP contribution in [-0.2, 0) is 21.4 Å². The standard InChI is InChI=1S/C14H23N3O4S/c1-4-17-10(3)13(9(2)15-17)22(20,21)16-12-7-5-11(6-8-12)14(18)19/h11-12,16H,4-8H2,1-3H3,(H,18,19). The van der Waals surface area contributed by atoms with Gasteiger partial charge in [0.2, 0.25) is 10.0 Å². The molecule has 1 fully saturated rings. The van der Waals surface area contributed by atoms with Gasteiger partial charge in [0.05, 0.1) is 17.3 Å². The Morgan fingerprint density at radius 2 is 1.91 bits per heavy atom. The minimum absolute atomic E-state index is 0.204. The summed E-state index contributed by atoms with van der Waals surface area (Å²) in [7, 11) is -3.63. The number of nitrogens with one attached hydrogen (secondary N) is 1. The number of carbonyl (C=O) groups is 1. The van der Waals surface area contributed by atoms with Crippen LogP contribution < -0.4 is 4.72 Å². The predicted molar refractivity (Wildman–Crippen MR) is 81.1 cm³/mol. The molecule has 0 saturated heterocycles. The van der Waals surface area contributed by atoms with Gasteiger partial charge >= 0.3 is 5.97 Å². The molecule has 0 aliphatic heterocycles. The van der Waals surface area contributed by atoms with Crippen LogP contribution in [0.4, 0.5) is 0 Å². The molecule has 1 aromatic heterocycles. The zero-order valence-corrected chi connectivity index (χ0v) is 14.0. The minimum atomic E-state index is -3.63. The third kappa shape index (κ3) is 3.33. The average Bonchev–Trinajstić information content (AvgIpc) is 2.74. The van der Waals surface area contributed by atoms with E-state index in [0.717, 1.165) is 0 Å². The fourth-order valence-corrected chi connectivity index (χ4v) is 4.83. The van der Waals surface area contributed by atoms with Gasteiger partial charge in [0.15, 0.2) is 0 Å². The number of aryl methyl sites for hydroxylation is 2. The summed E-state index contributed by atoms with van der Waals surface area (Å²) in [6, 6.07) is -0.204. The maximum Gasteiger partial charge on any atom is 0.306 e. The normalized spacial score (nSPS) is 22.7. The Hall–Kier alpha value is -1.41. The zero-order valence-electron chi connectivity index (χ0n) is 13.2. The van der Waals surface area contributed by atoms with Gasteiger partial charge in [0.25, 0.3) is 0 Å². The molecule has 0 bridgehead atoms. The van der Waals surface area contributed by atoms with Crippen molar-refractivity contribution in [2.75, 3.05) is 0 Å². The minimum Gasteiger partial charge on any atom is -0.481 e. The second kappa shape index (κ2) is 6.37. The largest absolute Gasteiger partial charge is 0.481 e. The van der Waals surface area contributed by atoms with Crippen LogP contribution in [0.2, 0.25) is 0 Å². The lowest BCUT2D eigenvalue weighted by Gasteiger charge is -2.26. The first-order chi connectivity index (χ1) is 10.3. The summed E-state index contributed by atoms with van der Waals surface area (Å²) in [6.07, 6.45) is 2.12. The molecule has 0 spiro atoms. The van der Waals surface area contributed by atoms with Crippen molar-refractivity contribution in [1.82, 2.24) is 14.5 Å². The van der Waals surface area contributed by atoms with E-state index in [4.69, 9.17) is 5.11 Å². The molecule has 2 N–H and O–H groups in total. The van der Waals surface area contributed by atoms with Crippen LogP contribution in [0.15, 0.2) is 4.90 Å². The number of aromatic nitrogens is 2. The van der Waals surface area contributed by atoms with Crippen LogP contribution in [0.5, 0.6) is 0 Å². The summed E-state index contributed by atoms with van der Waals surface area (Å²) in [6.45, 7) is 5.97. The third-order valence-electron chi connectivity index (χ3n) is 4.28. The molecular formula is C14H23N3O4S. The van der Waals surface area contributed by atoms with Gasteiger partial charge in [-0.2, -0.15) is 5.10 Å². The number of carboxylic acid groups (broad SMARTS) is 1. The molecular weight excluding hydrogens is 306 g/mol. The van der Waals surface area contributed by atoms with Crippen molar-refractivity contribution in [3.8, 4) is 0 Å². The molecule has 0 radical (unpaired) electrons. The molecule has 1 aromatic rings. The fraction of sp³-hybridized carbons (Fsp3) is 0.714. The molecule has 0 unspecified atom stereocenters. The van der Waals surface area contributed by atoms with E-state index in [-0.39, 0.29) is 16.9 Å². The van der Waals surface area contributed by atoms with Crippen LogP contribution in [0.3, 0.4) is 0 Å². The van der Waals surface area contributed by atoms with Crippen molar-refractivity contribution >= 4 is 16.0 Å². The lowest BCUT2D eigenvalue weighted by atomic mass is 9.87. The number of rotatable bonds is 5. The number of aliphatic carboxylic acids is 1. The van der Waals surface area contributed by atoms with Crippen LogP contribution in [0, 0.1) is 19.8 Å². The molecule has 22 heavy (non-hydrogen) atoms. The zero-order chi connectivity index (χ0) is 16.5. The smallest absolute Gasteiger partial charge is 0.306 e. The van der Waals surface area contributed by atoms with E-state index in [1.54, 1.807) is 18.5 Å². The lowest BCUT2D eigenvalue weighted by Crippen LogP contribution is -2.39.